The van der Waals surface area contributed by atoms with E-state index in [2.05, 4.69) is 5.32 Å². The van der Waals surface area contributed by atoms with E-state index in [9.17, 15) is 9.59 Å². The van der Waals surface area contributed by atoms with Gasteiger partial charge in [0, 0.05) is 22.9 Å². The molecule has 7 heteroatoms. The SMILES string of the molecule is COC(=O)[C@@]1(NC(=O)c2cc(C)c(-c3cccc(Cl)c3)s2)CCOC1. The van der Waals surface area contributed by atoms with Crippen LogP contribution in [-0.4, -0.2) is 37.7 Å². The lowest BCUT2D eigenvalue weighted by Gasteiger charge is -2.25. The summed E-state index contributed by atoms with van der Waals surface area (Å²) in [7, 11) is 1.31. The minimum absolute atomic E-state index is 0.122. The van der Waals surface area contributed by atoms with Gasteiger partial charge in [-0.15, -0.1) is 11.3 Å². The number of hydrogen-bond donors (Lipinski definition) is 1. The zero-order chi connectivity index (χ0) is 18.0. The number of aryl methyl sites for hydroxylation is 1. The van der Waals surface area contributed by atoms with Crippen LogP contribution in [0.1, 0.15) is 21.7 Å². The third-order valence-electron chi connectivity index (χ3n) is 4.18. The first-order chi connectivity index (χ1) is 11.9. The molecule has 1 aromatic carbocycles. The highest BCUT2D eigenvalue weighted by atomic mass is 35.5. The van der Waals surface area contributed by atoms with Crippen molar-refractivity contribution in [1.29, 1.82) is 0 Å². The number of halogens is 1. The molecule has 1 fully saturated rings. The molecular formula is C18H18ClNO4S. The van der Waals surface area contributed by atoms with E-state index in [1.807, 2.05) is 37.3 Å². The number of amides is 1. The summed E-state index contributed by atoms with van der Waals surface area (Å²) in [5.41, 5.74) is 0.827. The molecule has 0 unspecified atom stereocenters. The summed E-state index contributed by atoms with van der Waals surface area (Å²) in [4.78, 5) is 26.3. The molecule has 1 aliphatic heterocycles. The second-order valence-electron chi connectivity index (χ2n) is 5.96. The number of hydrogen-bond acceptors (Lipinski definition) is 5. The summed E-state index contributed by atoms with van der Waals surface area (Å²) in [6, 6.07) is 9.31. The van der Waals surface area contributed by atoms with Gasteiger partial charge in [0.05, 0.1) is 18.6 Å². The lowest BCUT2D eigenvalue weighted by molar-refractivity contribution is -0.148. The average molecular weight is 380 g/mol. The van der Waals surface area contributed by atoms with Gasteiger partial charge in [-0.05, 0) is 36.2 Å². The highest BCUT2D eigenvalue weighted by molar-refractivity contribution is 7.17. The molecule has 5 nitrogen and oxygen atoms in total. The molecule has 1 N–H and O–H groups in total. The van der Waals surface area contributed by atoms with E-state index in [1.165, 1.54) is 18.4 Å². The first kappa shape index (κ1) is 17.9. The summed E-state index contributed by atoms with van der Waals surface area (Å²) in [6.45, 7) is 2.47. The number of esters is 1. The third kappa shape index (κ3) is 3.56. The van der Waals surface area contributed by atoms with Gasteiger partial charge in [-0.3, -0.25) is 4.79 Å². The van der Waals surface area contributed by atoms with Crippen LogP contribution in [0.25, 0.3) is 10.4 Å². The summed E-state index contributed by atoms with van der Waals surface area (Å²) in [5, 5.41) is 3.45. The number of rotatable bonds is 4. The molecule has 0 spiro atoms. The minimum atomic E-state index is -1.11. The Hall–Kier alpha value is -1.89. The Morgan fingerprint density at radius 3 is 2.80 bits per heavy atom. The minimum Gasteiger partial charge on any atom is -0.467 e. The lowest BCUT2D eigenvalue weighted by Crippen LogP contribution is -2.55. The van der Waals surface area contributed by atoms with Gasteiger partial charge < -0.3 is 14.8 Å². The highest BCUT2D eigenvalue weighted by Crippen LogP contribution is 2.34. The van der Waals surface area contributed by atoms with Crippen molar-refractivity contribution in [2.45, 2.75) is 18.9 Å². The molecule has 2 heterocycles. The number of thiophene rings is 1. The van der Waals surface area contributed by atoms with Crippen molar-refractivity contribution in [2.75, 3.05) is 20.3 Å². The van der Waals surface area contributed by atoms with Gasteiger partial charge in [-0.25, -0.2) is 4.79 Å². The Morgan fingerprint density at radius 2 is 2.16 bits per heavy atom. The number of methoxy groups -OCH3 is 1. The topological polar surface area (TPSA) is 64.6 Å². The van der Waals surface area contributed by atoms with Gasteiger partial charge in [-0.1, -0.05) is 23.7 Å². The number of carbonyl (C=O) groups excluding carboxylic acids is 2. The van der Waals surface area contributed by atoms with Gasteiger partial charge in [0.2, 0.25) is 0 Å². The fourth-order valence-electron chi connectivity index (χ4n) is 2.86. The predicted molar refractivity (Wildman–Crippen MR) is 97.2 cm³/mol. The second kappa shape index (κ2) is 7.15. The predicted octanol–water partition coefficient (Wildman–Crippen LogP) is 3.44. The average Bonchev–Trinajstić information content (AvgIpc) is 3.21. The summed E-state index contributed by atoms with van der Waals surface area (Å²) < 4.78 is 10.1. The molecule has 0 aliphatic carbocycles. The monoisotopic (exact) mass is 379 g/mol. The molecule has 25 heavy (non-hydrogen) atoms. The van der Waals surface area contributed by atoms with Crippen LogP contribution < -0.4 is 5.32 Å². The quantitative estimate of drug-likeness (QED) is 0.826. The van der Waals surface area contributed by atoms with Crippen molar-refractivity contribution >= 4 is 34.8 Å². The third-order valence-corrected chi connectivity index (χ3v) is 5.70. The summed E-state index contributed by atoms with van der Waals surface area (Å²) >= 11 is 7.43. The van der Waals surface area contributed by atoms with E-state index in [-0.39, 0.29) is 12.5 Å². The molecule has 1 amide bonds. The number of nitrogens with one attached hydrogen (secondary N) is 1. The van der Waals surface area contributed by atoms with Crippen molar-refractivity contribution in [3.63, 3.8) is 0 Å². The number of benzene rings is 1. The number of carbonyl (C=O) groups is 2. The highest BCUT2D eigenvalue weighted by Gasteiger charge is 2.45. The molecular weight excluding hydrogens is 362 g/mol. The molecule has 0 bridgehead atoms. The van der Waals surface area contributed by atoms with Crippen LogP contribution in [0.4, 0.5) is 0 Å². The van der Waals surface area contributed by atoms with Crippen molar-refractivity contribution in [3.8, 4) is 10.4 Å². The van der Waals surface area contributed by atoms with Crippen molar-refractivity contribution in [2.24, 2.45) is 0 Å². The largest absolute Gasteiger partial charge is 0.467 e. The van der Waals surface area contributed by atoms with Crippen molar-refractivity contribution in [1.82, 2.24) is 5.32 Å². The Balaban J connectivity index is 1.86. The van der Waals surface area contributed by atoms with Crippen molar-refractivity contribution in [3.05, 3.63) is 45.8 Å². The van der Waals surface area contributed by atoms with E-state index >= 15 is 0 Å². The molecule has 1 aliphatic rings. The van der Waals surface area contributed by atoms with E-state index in [4.69, 9.17) is 21.1 Å². The van der Waals surface area contributed by atoms with E-state index in [0.29, 0.717) is 22.9 Å². The smallest absolute Gasteiger partial charge is 0.334 e. The van der Waals surface area contributed by atoms with E-state index in [0.717, 1.165) is 16.0 Å². The van der Waals surface area contributed by atoms with Gasteiger partial charge in [0.25, 0.3) is 5.91 Å². The summed E-state index contributed by atoms with van der Waals surface area (Å²) in [6.07, 6.45) is 0.400. The van der Waals surface area contributed by atoms with Crippen molar-refractivity contribution < 1.29 is 19.1 Å². The van der Waals surface area contributed by atoms with Crippen LogP contribution >= 0.6 is 22.9 Å². The Morgan fingerprint density at radius 1 is 1.36 bits per heavy atom. The molecule has 3 rings (SSSR count). The molecule has 1 atom stereocenters. The van der Waals surface area contributed by atoms with Gasteiger partial charge in [0.15, 0.2) is 5.54 Å². The van der Waals surface area contributed by atoms with Crippen LogP contribution in [-0.2, 0) is 14.3 Å². The van der Waals surface area contributed by atoms with E-state index in [1.54, 1.807) is 0 Å². The molecule has 132 valence electrons. The molecule has 0 saturated carbocycles. The van der Waals surface area contributed by atoms with Crippen LogP contribution in [0.2, 0.25) is 5.02 Å². The maximum Gasteiger partial charge on any atom is 0.334 e. The van der Waals surface area contributed by atoms with Gasteiger partial charge >= 0.3 is 5.97 Å². The molecule has 0 radical (unpaired) electrons. The molecule has 1 saturated heterocycles. The van der Waals surface area contributed by atoms with Crippen LogP contribution in [0.5, 0.6) is 0 Å². The Kier molecular flexibility index (Phi) is 5.13. The standard InChI is InChI=1S/C18H18ClNO4S/c1-11-8-14(25-15(11)12-4-3-5-13(19)9-12)16(21)20-18(17(22)23-2)6-7-24-10-18/h3-5,8-9H,6-7,10H2,1-2H3,(H,20,21)/t18-/m1/s1. The van der Waals surface area contributed by atoms with Crippen LogP contribution in [0.15, 0.2) is 30.3 Å². The summed E-state index contributed by atoms with van der Waals surface area (Å²) in [5.74, 6) is -0.793. The fraction of sp³-hybridized carbons (Fsp3) is 0.333. The van der Waals surface area contributed by atoms with Gasteiger partial charge in [0.1, 0.15) is 0 Å². The molecule has 2 aromatic rings. The first-order valence-electron chi connectivity index (χ1n) is 7.80. The maximum absolute atomic E-state index is 12.7. The van der Waals surface area contributed by atoms with Crippen LogP contribution in [0.3, 0.4) is 0 Å². The maximum atomic E-state index is 12.7. The normalized spacial score (nSPS) is 19.6. The zero-order valence-corrected chi connectivity index (χ0v) is 15.5. The number of ether oxygens (including phenoxy) is 2. The first-order valence-corrected chi connectivity index (χ1v) is 9.00. The van der Waals surface area contributed by atoms with Gasteiger partial charge in [-0.2, -0.15) is 0 Å². The lowest BCUT2D eigenvalue weighted by atomic mass is 9.99. The fourth-order valence-corrected chi connectivity index (χ4v) is 4.11. The molecule has 1 aromatic heterocycles. The second-order valence-corrected chi connectivity index (χ2v) is 7.45. The van der Waals surface area contributed by atoms with E-state index < -0.39 is 11.5 Å². The Labute approximate surface area is 154 Å². The Bertz CT molecular complexity index is 811. The zero-order valence-electron chi connectivity index (χ0n) is 13.9. The van der Waals surface area contributed by atoms with Crippen LogP contribution in [0, 0.1) is 6.92 Å².